The summed E-state index contributed by atoms with van der Waals surface area (Å²) in [4.78, 5) is 0. The van der Waals surface area contributed by atoms with Gasteiger partial charge in [0, 0.05) is 6.61 Å². The third kappa shape index (κ3) is 3.14. The highest BCUT2D eigenvalue weighted by molar-refractivity contribution is 6.42. The molecule has 0 radical (unpaired) electrons. The van der Waals surface area contributed by atoms with E-state index in [0.29, 0.717) is 10.0 Å². The first-order valence-electron chi connectivity index (χ1n) is 6.02. The molecule has 94 valence electrons. The van der Waals surface area contributed by atoms with Gasteiger partial charge in [0.2, 0.25) is 0 Å². The molecule has 2 atom stereocenters. The van der Waals surface area contributed by atoms with Crippen LogP contribution >= 0.6 is 23.2 Å². The fourth-order valence-electron chi connectivity index (χ4n) is 2.26. The third-order valence-corrected chi connectivity index (χ3v) is 3.80. The van der Waals surface area contributed by atoms with Crippen LogP contribution in [0.4, 0.5) is 0 Å². The largest absolute Gasteiger partial charge is 0.376 e. The van der Waals surface area contributed by atoms with Crippen LogP contribution in [0.1, 0.15) is 31.4 Å². The van der Waals surface area contributed by atoms with Crippen molar-refractivity contribution in [2.75, 3.05) is 13.2 Å². The lowest BCUT2D eigenvalue weighted by molar-refractivity contribution is 0.0788. The molecule has 1 aliphatic heterocycles. The van der Waals surface area contributed by atoms with Crippen molar-refractivity contribution in [3.63, 3.8) is 0 Å². The normalized spacial score (nSPS) is 21.7. The van der Waals surface area contributed by atoms with Gasteiger partial charge in [-0.1, -0.05) is 36.2 Å². The Morgan fingerprint density at radius 1 is 1.41 bits per heavy atom. The number of ether oxygens (including phenoxy) is 1. The second-order valence-electron chi connectivity index (χ2n) is 4.26. The lowest BCUT2D eigenvalue weighted by Crippen LogP contribution is -2.31. The first-order valence-corrected chi connectivity index (χ1v) is 6.78. The van der Waals surface area contributed by atoms with Gasteiger partial charge < -0.3 is 10.1 Å². The Hall–Kier alpha value is -0.280. The topological polar surface area (TPSA) is 21.3 Å². The molecule has 0 amide bonds. The second kappa shape index (κ2) is 6.05. The Kier molecular flexibility index (Phi) is 4.69. The first-order chi connectivity index (χ1) is 8.22. The van der Waals surface area contributed by atoms with Gasteiger partial charge in [0.15, 0.2) is 0 Å². The number of halogens is 2. The maximum absolute atomic E-state index is 6.06. The van der Waals surface area contributed by atoms with Gasteiger partial charge in [-0.25, -0.2) is 0 Å². The number of hydrogen-bond donors (Lipinski definition) is 1. The van der Waals surface area contributed by atoms with Crippen molar-refractivity contribution in [2.24, 2.45) is 0 Å². The molecule has 2 nitrogen and oxygen atoms in total. The summed E-state index contributed by atoms with van der Waals surface area (Å²) in [5.41, 5.74) is 1.15. The summed E-state index contributed by atoms with van der Waals surface area (Å²) in [7, 11) is 0. The van der Waals surface area contributed by atoms with Gasteiger partial charge in [0.05, 0.1) is 22.2 Å². The van der Waals surface area contributed by atoms with Crippen molar-refractivity contribution < 1.29 is 4.74 Å². The highest BCUT2D eigenvalue weighted by Gasteiger charge is 2.26. The fraction of sp³-hybridized carbons (Fsp3) is 0.538. The van der Waals surface area contributed by atoms with E-state index in [9.17, 15) is 0 Å². The summed E-state index contributed by atoms with van der Waals surface area (Å²) in [5, 5.41) is 4.66. The Balaban J connectivity index is 2.21. The van der Waals surface area contributed by atoms with E-state index in [4.69, 9.17) is 27.9 Å². The van der Waals surface area contributed by atoms with Crippen LogP contribution < -0.4 is 5.32 Å². The van der Waals surface area contributed by atoms with Crippen molar-refractivity contribution in [3.8, 4) is 0 Å². The van der Waals surface area contributed by atoms with E-state index in [1.54, 1.807) is 0 Å². The van der Waals surface area contributed by atoms with Crippen LogP contribution in [0.3, 0.4) is 0 Å². The van der Waals surface area contributed by atoms with Crippen LogP contribution in [0.5, 0.6) is 0 Å². The van der Waals surface area contributed by atoms with Gasteiger partial charge >= 0.3 is 0 Å². The van der Waals surface area contributed by atoms with Crippen LogP contribution in [0.25, 0.3) is 0 Å². The SMILES string of the molecule is CCNC(c1ccc(Cl)c(Cl)c1)C1CCCO1. The van der Waals surface area contributed by atoms with Crippen LogP contribution in [-0.2, 0) is 4.74 Å². The van der Waals surface area contributed by atoms with E-state index in [0.717, 1.165) is 31.6 Å². The molecule has 0 spiro atoms. The molecular formula is C13H17Cl2NO. The molecule has 1 aromatic rings. The monoisotopic (exact) mass is 273 g/mol. The molecule has 2 unspecified atom stereocenters. The smallest absolute Gasteiger partial charge is 0.0770 e. The van der Waals surface area contributed by atoms with Gasteiger partial charge in [-0.05, 0) is 37.1 Å². The van der Waals surface area contributed by atoms with Crippen LogP contribution in [0.15, 0.2) is 18.2 Å². The van der Waals surface area contributed by atoms with Crippen molar-refractivity contribution in [1.82, 2.24) is 5.32 Å². The zero-order valence-electron chi connectivity index (χ0n) is 9.88. The number of likely N-dealkylation sites (N-methyl/N-ethyl adjacent to an activating group) is 1. The summed E-state index contributed by atoms with van der Waals surface area (Å²) in [6, 6.07) is 6.00. The van der Waals surface area contributed by atoms with Crippen molar-refractivity contribution >= 4 is 23.2 Å². The molecule has 4 heteroatoms. The second-order valence-corrected chi connectivity index (χ2v) is 5.07. The van der Waals surface area contributed by atoms with Crippen LogP contribution in [0, 0.1) is 0 Å². The molecule has 0 aliphatic carbocycles. The van der Waals surface area contributed by atoms with Crippen LogP contribution in [0.2, 0.25) is 10.0 Å². The number of nitrogens with one attached hydrogen (secondary N) is 1. The molecule has 1 saturated heterocycles. The quantitative estimate of drug-likeness (QED) is 0.901. The predicted molar refractivity (Wildman–Crippen MR) is 71.9 cm³/mol. The van der Waals surface area contributed by atoms with Gasteiger partial charge in [-0.3, -0.25) is 0 Å². The van der Waals surface area contributed by atoms with E-state index < -0.39 is 0 Å². The lowest BCUT2D eigenvalue weighted by atomic mass is 9.99. The molecule has 1 N–H and O–H groups in total. The molecule has 0 bridgehead atoms. The number of benzene rings is 1. The van der Waals surface area contributed by atoms with Crippen LogP contribution in [-0.4, -0.2) is 19.3 Å². The van der Waals surface area contributed by atoms with Crippen molar-refractivity contribution in [1.29, 1.82) is 0 Å². The van der Waals surface area contributed by atoms with E-state index >= 15 is 0 Å². The minimum Gasteiger partial charge on any atom is -0.376 e. The van der Waals surface area contributed by atoms with E-state index in [1.807, 2.05) is 18.2 Å². The Bertz CT molecular complexity index is 378. The molecule has 0 aromatic heterocycles. The highest BCUT2D eigenvalue weighted by atomic mass is 35.5. The summed E-state index contributed by atoms with van der Waals surface area (Å²) in [6.45, 7) is 3.86. The molecule has 1 aliphatic rings. The molecule has 0 saturated carbocycles. The van der Waals surface area contributed by atoms with Crippen molar-refractivity contribution in [3.05, 3.63) is 33.8 Å². The predicted octanol–water partition coefficient (Wildman–Crippen LogP) is 3.82. The first kappa shape index (κ1) is 13.2. The van der Waals surface area contributed by atoms with Gasteiger partial charge in [-0.15, -0.1) is 0 Å². The Morgan fingerprint density at radius 3 is 2.82 bits per heavy atom. The van der Waals surface area contributed by atoms with E-state index in [-0.39, 0.29) is 12.1 Å². The van der Waals surface area contributed by atoms with E-state index in [1.165, 1.54) is 0 Å². The molecule has 1 heterocycles. The summed E-state index contributed by atoms with van der Waals surface area (Å²) < 4.78 is 5.75. The van der Waals surface area contributed by atoms with Gasteiger partial charge in [0.25, 0.3) is 0 Å². The standard InChI is InChI=1S/C13H17Cl2NO/c1-2-16-13(12-4-3-7-17-12)9-5-6-10(14)11(15)8-9/h5-6,8,12-13,16H,2-4,7H2,1H3. The fourth-order valence-corrected chi connectivity index (χ4v) is 2.56. The molecule has 2 rings (SSSR count). The zero-order valence-corrected chi connectivity index (χ0v) is 11.4. The minimum atomic E-state index is 0.206. The lowest BCUT2D eigenvalue weighted by Gasteiger charge is -2.24. The average molecular weight is 274 g/mol. The molecule has 1 aromatic carbocycles. The average Bonchev–Trinajstić information content (AvgIpc) is 2.83. The van der Waals surface area contributed by atoms with Crippen molar-refractivity contribution in [2.45, 2.75) is 31.9 Å². The maximum atomic E-state index is 6.06. The maximum Gasteiger partial charge on any atom is 0.0770 e. The van der Waals surface area contributed by atoms with Gasteiger partial charge in [0.1, 0.15) is 0 Å². The number of rotatable bonds is 4. The summed E-state index contributed by atoms with van der Waals surface area (Å²) in [6.07, 6.45) is 2.47. The molecule has 1 fully saturated rings. The highest BCUT2D eigenvalue weighted by Crippen LogP contribution is 2.31. The Morgan fingerprint density at radius 2 is 2.24 bits per heavy atom. The summed E-state index contributed by atoms with van der Waals surface area (Å²) >= 11 is 12.0. The Labute approximate surface area is 112 Å². The minimum absolute atomic E-state index is 0.206. The van der Waals surface area contributed by atoms with E-state index in [2.05, 4.69) is 12.2 Å². The zero-order chi connectivity index (χ0) is 12.3. The molecule has 17 heavy (non-hydrogen) atoms. The summed E-state index contributed by atoms with van der Waals surface area (Å²) in [5.74, 6) is 0. The third-order valence-electron chi connectivity index (χ3n) is 3.06. The van der Waals surface area contributed by atoms with Gasteiger partial charge in [-0.2, -0.15) is 0 Å². The molecular weight excluding hydrogens is 257 g/mol. The number of hydrogen-bond acceptors (Lipinski definition) is 2.